The average Bonchev–Trinajstić information content (AvgIpc) is 2.95. The molecule has 0 aromatic heterocycles. The summed E-state index contributed by atoms with van der Waals surface area (Å²) in [4.78, 5) is 35.0. The number of hydrogen-bond donors (Lipinski definition) is 1. The van der Waals surface area contributed by atoms with Crippen LogP contribution in [0.25, 0.3) is 0 Å². The summed E-state index contributed by atoms with van der Waals surface area (Å²) >= 11 is 7.21. The highest BCUT2D eigenvalue weighted by molar-refractivity contribution is 8.14. The van der Waals surface area contributed by atoms with E-state index in [0.29, 0.717) is 21.7 Å². The molecule has 2 aromatic carbocycles. The lowest BCUT2D eigenvalue weighted by molar-refractivity contribution is -0.119. The van der Waals surface area contributed by atoms with Crippen LogP contribution in [0.4, 0.5) is 11.4 Å². The van der Waals surface area contributed by atoms with Crippen LogP contribution in [-0.4, -0.2) is 39.5 Å². The second-order valence-corrected chi connectivity index (χ2v) is 7.46. The number of para-hydroxylation sites is 1. The van der Waals surface area contributed by atoms with E-state index in [9.17, 15) is 9.59 Å². The zero-order valence-electron chi connectivity index (χ0n) is 14.3. The number of nitrogens with zero attached hydrogens (tertiary/aromatic N) is 3. The second-order valence-electron chi connectivity index (χ2n) is 6.08. The van der Waals surface area contributed by atoms with Crippen molar-refractivity contribution < 1.29 is 9.59 Å². The number of benzene rings is 2. The van der Waals surface area contributed by atoms with Crippen LogP contribution in [0.2, 0.25) is 5.02 Å². The van der Waals surface area contributed by atoms with E-state index in [1.165, 1.54) is 11.8 Å². The van der Waals surface area contributed by atoms with E-state index in [1.54, 1.807) is 36.1 Å². The summed E-state index contributed by atoms with van der Waals surface area (Å²) in [6, 6.07) is 14.1. The van der Waals surface area contributed by atoms with Gasteiger partial charge in [0.05, 0.1) is 11.4 Å². The number of fused-ring (bicyclic) bond motifs is 3. The summed E-state index contributed by atoms with van der Waals surface area (Å²) in [5.41, 5.74) is 2.20. The monoisotopic (exact) mass is 398 g/mol. The summed E-state index contributed by atoms with van der Waals surface area (Å²) in [7, 11) is 0. The molecule has 6 nitrogen and oxygen atoms in total. The molecule has 2 aliphatic rings. The highest BCUT2D eigenvalue weighted by Gasteiger charge is 2.39. The molecule has 27 heavy (non-hydrogen) atoms. The SMILES string of the molecule is CC1C(=O)N=C2c3ccccc3N=C(SCC(=O)Nc3cccc(Cl)c3)N21. The maximum absolute atomic E-state index is 12.3. The Morgan fingerprint density at radius 3 is 2.85 bits per heavy atom. The van der Waals surface area contributed by atoms with Crippen LogP contribution in [0.5, 0.6) is 0 Å². The fourth-order valence-electron chi connectivity index (χ4n) is 2.90. The van der Waals surface area contributed by atoms with Gasteiger partial charge in [0, 0.05) is 16.3 Å². The van der Waals surface area contributed by atoms with Gasteiger partial charge in [0.15, 0.2) is 5.17 Å². The molecule has 8 heteroatoms. The van der Waals surface area contributed by atoms with Crippen LogP contribution in [0.3, 0.4) is 0 Å². The van der Waals surface area contributed by atoms with Crippen molar-refractivity contribution >= 4 is 57.6 Å². The Balaban J connectivity index is 1.53. The van der Waals surface area contributed by atoms with Crippen molar-refractivity contribution in [3.05, 3.63) is 59.1 Å². The van der Waals surface area contributed by atoms with E-state index in [1.807, 2.05) is 24.3 Å². The number of rotatable bonds is 3. The Bertz CT molecular complexity index is 1000. The fourth-order valence-corrected chi connectivity index (χ4v) is 3.97. The molecule has 136 valence electrons. The minimum absolute atomic E-state index is 0.151. The van der Waals surface area contributed by atoms with Gasteiger partial charge in [-0.3, -0.25) is 14.5 Å². The zero-order chi connectivity index (χ0) is 19.0. The van der Waals surface area contributed by atoms with Crippen molar-refractivity contribution in [1.82, 2.24) is 4.90 Å². The highest BCUT2D eigenvalue weighted by atomic mass is 35.5. The molecule has 0 bridgehead atoms. The molecule has 0 radical (unpaired) electrons. The van der Waals surface area contributed by atoms with Crippen molar-refractivity contribution in [2.75, 3.05) is 11.1 Å². The predicted molar refractivity (Wildman–Crippen MR) is 109 cm³/mol. The first kappa shape index (κ1) is 17.8. The smallest absolute Gasteiger partial charge is 0.270 e. The van der Waals surface area contributed by atoms with Gasteiger partial charge >= 0.3 is 0 Å². The number of anilines is 1. The molecule has 0 saturated heterocycles. The first-order valence-electron chi connectivity index (χ1n) is 8.31. The summed E-state index contributed by atoms with van der Waals surface area (Å²) in [6.45, 7) is 1.79. The van der Waals surface area contributed by atoms with E-state index in [0.717, 1.165) is 11.3 Å². The van der Waals surface area contributed by atoms with Crippen molar-refractivity contribution in [3.63, 3.8) is 0 Å². The van der Waals surface area contributed by atoms with E-state index in [-0.39, 0.29) is 17.6 Å². The summed E-state index contributed by atoms with van der Waals surface area (Å²) < 4.78 is 0. The Kier molecular flexibility index (Phi) is 4.72. The number of nitrogens with one attached hydrogen (secondary N) is 1. The molecule has 0 saturated carbocycles. The summed E-state index contributed by atoms with van der Waals surface area (Å²) in [5, 5.41) is 3.95. The standard InChI is InChI=1S/C19H15ClN4O2S/c1-11-18(26)23-17-14-7-2-3-8-15(14)22-19(24(11)17)27-10-16(25)21-13-6-4-5-12(20)9-13/h2-9,11H,10H2,1H3,(H,21,25). The van der Waals surface area contributed by atoms with Crippen LogP contribution in [0.1, 0.15) is 12.5 Å². The molecule has 2 aromatic rings. The number of carbonyl (C=O) groups is 2. The Hall–Kier alpha value is -2.64. The maximum Gasteiger partial charge on any atom is 0.270 e. The van der Waals surface area contributed by atoms with E-state index >= 15 is 0 Å². The molecular weight excluding hydrogens is 384 g/mol. The number of carbonyl (C=O) groups excluding carboxylic acids is 2. The van der Waals surface area contributed by atoms with E-state index in [4.69, 9.17) is 11.6 Å². The number of halogens is 1. The molecule has 2 aliphatic heterocycles. The molecular formula is C19H15ClN4O2S. The first-order valence-corrected chi connectivity index (χ1v) is 9.67. The Morgan fingerprint density at radius 2 is 2.04 bits per heavy atom. The van der Waals surface area contributed by atoms with Crippen LogP contribution < -0.4 is 5.32 Å². The normalized spacial score (nSPS) is 17.8. The topological polar surface area (TPSA) is 74.1 Å². The van der Waals surface area contributed by atoms with Crippen molar-refractivity contribution in [1.29, 1.82) is 0 Å². The van der Waals surface area contributed by atoms with Crippen LogP contribution in [0.15, 0.2) is 58.5 Å². The first-order chi connectivity index (χ1) is 13.0. The van der Waals surface area contributed by atoms with Crippen LogP contribution in [0, 0.1) is 0 Å². The van der Waals surface area contributed by atoms with Gasteiger partial charge in [-0.15, -0.1) is 0 Å². The highest BCUT2D eigenvalue weighted by Crippen LogP contribution is 2.33. The van der Waals surface area contributed by atoms with Crippen molar-refractivity contribution in [3.8, 4) is 0 Å². The molecule has 0 fully saturated rings. The van der Waals surface area contributed by atoms with Gasteiger partial charge in [-0.2, -0.15) is 4.99 Å². The molecule has 1 N–H and O–H groups in total. The third-order valence-electron chi connectivity index (χ3n) is 4.20. The molecule has 2 heterocycles. The minimum Gasteiger partial charge on any atom is -0.325 e. The largest absolute Gasteiger partial charge is 0.325 e. The predicted octanol–water partition coefficient (Wildman–Crippen LogP) is 3.69. The maximum atomic E-state index is 12.3. The lowest BCUT2D eigenvalue weighted by atomic mass is 10.1. The van der Waals surface area contributed by atoms with Crippen molar-refractivity contribution in [2.45, 2.75) is 13.0 Å². The van der Waals surface area contributed by atoms with E-state index in [2.05, 4.69) is 15.3 Å². The number of thioether (sulfide) groups is 1. The molecule has 2 amide bonds. The van der Waals surface area contributed by atoms with Gasteiger partial charge in [-0.1, -0.05) is 41.6 Å². The van der Waals surface area contributed by atoms with Gasteiger partial charge in [0.2, 0.25) is 5.91 Å². The van der Waals surface area contributed by atoms with Gasteiger partial charge < -0.3 is 5.32 Å². The van der Waals surface area contributed by atoms with Gasteiger partial charge in [-0.25, -0.2) is 4.99 Å². The Labute approximate surface area is 165 Å². The van der Waals surface area contributed by atoms with E-state index < -0.39 is 6.04 Å². The van der Waals surface area contributed by atoms with Gasteiger partial charge in [-0.05, 0) is 37.3 Å². The minimum atomic E-state index is -0.435. The molecule has 0 aliphatic carbocycles. The lowest BCUT2D eigenvalue weighted by Gasteiger charge is -2.29. The average molecular weight is 399 g/mol. The van der Waals surface area contributed by atoms with Gasteiger partial charge in [0.1, 0.15) is 11.9 Å². The van der Waals surface area contributed by atoms with Crippen LogP contribution in [-0.2, 0) is 9.59 Å². The third-order valence-corrected chi connectivity index (χ3v) is 5.38. The third kappa shape index (κ3) is 3.48. The molecule has 1 atom stereocenters. The van der Waals surface area contributed by atoms with Crippen LogP contribution >= 0.6 is 23.4 Å². The zero-order valence-corrected chi connectivity index (χ0v) is 15.9. The Morgan fingerprint density at radius 1 is 1.22 bits per heavy atom. The number of amides is 2. The number of amidine groups is 2. The summed E-state index contributed by atoms with van der Waals surface area (Å²) in [5.74, 6) is 0.354. The number of aliphatic imine (C=N–C) groups is 2. The number of hydrogen-bond acceptors (Lipinski definition) is 5. The fraction of sp³-hybridized carbons (Fsp3) is 0.158. The van der Waals surface area contributed by atoms with Gasteiger partial charge in [0.25, 0.3) is 5.91 Å². The molecule has 1 unspecified atom stereocenters. The molecule has 4 rings (SSSR count). The lowest BCUT2D eigenvalue weighted by Crippen LogP contribution is -2.42. The van der Waals surface area contributed by atoms with Crippen molar-refractivity contribution in [2.24, 2.45) is 9.98 Å². The quantitative estimate of drug-likeness (QED) is 0.855. The molecule has 0 spiro atoms. The summed E-state index contributed by atoms with van der Waals surface area (Å²) in [6.07, 6.45) is 0. The second kappa shape index (κ2) is 7.17.